The number of ether oxygens (including phenoxy) is 2. The quantitative estimate of drug-likeness (QED) is 0.501. The van der Waals surface area contributed by atoms with Crippen molar-refractivity contribution in [3.8, 4) is 11.6 Å². The van der Waals surface area contributed by atoms with Crippen molar-refractivity contribution in [2.75, 3.05) is 12.4 Å². The number of carbonyl (C=O) groups excluding carboxylic acids is 1. The van der Waals surface area contributed by atoms with E-state index >= 15 is 0 Å². The molecule has 3 aromatic rings. The number of aromatic nitrogens is 1. The molecule has 0 spiro atoms. The lowest BCUT2D eigenvalue weighted by atomic mass is 10.2. The van der Waals surface area contributed by atoms with Crippen LogP contribution in [0, 0.1) is 10.1 Å². The minimum atomic E-state index is -0.593. The second-order valence-corrected chi connectivity index (χ2v) is 5.40. The SMILES string of the molecule is COc1cc([N+](=O)[O-])ccc1NC(=O)c1cc(OCc2ccccc2)no1. The first kappa shape index (κ1) is 17.9. The molecule has 0 bridgehead atoms. The first-order chi connectivity index (χ1) is 13.1. The number of nitro groups is 1. The van der Waals surface area contributed by atoms with Crippen LogP contribution in [0.4, 0.5) is 11.4 Å². The third-order valence-electron chi connectivity index (χ3n) is 3.59. The normalized spacial score (nSPS) is 10.3. The van der Waals surface area contributed by atoms with E-state index < -0.39 is 10.8 Å². The van der Waals surface area contributed by atoms with E-state index in [1.165, 1.54) is 31.4 Å². The van der Waals surface area contributed by atoms with E-state index in [9.17, 15) is 14.9 Å². The number of carbonyl (C=O) groups is 1. The summed E-state index contributed by atoms with van der Waals surface area (Å²) in [4.78, 5) is 22.6. The number of hydrogen-bond acceptors (Lipinski definition) is 7. The number of non-ortho nitro benzene ring substituents is 1. The molecule has 9 nitrogen and oxygen atoms in total. The average Bonchev–Trinajstić information content (AvgIpc) is 3.16. The molecule has 0 radical (unpaired) electrons. The van der Waals surface area contributed by atoms with E-state index in [2.05, 4.69) is 10.5 Å². The smallest absolute Gasteiger partial charge is 0.294 e. The van der Waals surface area contributed by atoms with Gasteiger partial charge in [0.25, 0.3) is 17.5 Å². The number of nitrogens with zero attached hydrogens (tertiary/aromatic N) is 2. The zero-order chi connectivity index (χ0) is 19.2. The van der Waals surface area contributed by atoms with Gasteiger partial charge >= 0.3 is 0 Å². The lowest BCUT2D eigenvalue weighted by Crippen LogP contribution is -2.12. The Morgan fingerprint density at radius 3 is 2.70 bits per heavy atom. The van der Waals surface area contributed by atoms with Crippen molar-refractivity contribution in [1.82, 2.24) is 5.16 Å². The third kappa shape index (κ3) is 4.40. The zero-order valence-electron chi connectivity index (χ0n) is 14.2. The van der Waals surface area contributed by atoms with Gasteiger partial charge in [0.15, 0.2) is 0 Å². The summed E-state index contributed by atoms with van der Waals surface area (Å²) in [5.41, 5.74) is 1.06. The van der Waals surface area contributed by atoms with Gasteiger partial charge in [0.1, 0.15) is 12.4 Å². The van der Waals surface area contributed by atoms with Crippen molar-refractivity contribution in [2.45, 2.75) is 6.61 Å². The summed E-state index contributed by atoms with van der Waals surface area (Å²) in [6.45, 7) is 0.282. The fourth-order valence-corrected chi connectivity index (χ4v) is 2.25. The number of nitrogens with one attached hydrogen (secondary N) is 1. The number of hydrogen-bond donors (Lipinski definition) is 1. The third-order valence-corrected chi connectivity index (χ3v) is 3.59. The molecule has 0 saturated carbocycles. The standard InChI is InChI=1S/C18H15N3O6/c1-25-15-9-13(21(23)24)7-8-14(15)19-18(22)16-10-17(20-27-16)26-11-12-5-3-2-4-6-12/h2-10H,11H2,1H3,(H,19,22). The first-order valence-electron chi connectivity index (χ1n) is 7.84. The number of amides is 1. The molecule has 0 fully saturated rings. The Morgan fingerprint density at radius 1 is 1.22 bits per heavy atom. The Hall–Kier alpha value is -3.88. The molecule has 0 aliphatic rings. The van der Waals surface area contributed by atoms with Crippen LogP contribution < -0.4 is 14.8 Å². The van der Waals surface area contributed by atoms with Gasteiger partial charge in [-0.2, -0.15) is 0 Å². The second kappa shape index (κ2) is 8.00. The first-order valence-corrected chi connectivity index (χ1v) is 7.84. The van der Waals surface area contributed by atoms with Gasteiger partial charge in [-0.25, -0.2) is 0 Å². The fraction of sp³-hybridized carbons (Fsp3) is 0.111. The zero-order valence-corrected chi connectivity index (χ0v) is 14.2. The maximum atomic E-state index is 12.3. The Balaban J connectivity index is 1.66. The molecule has 0 aliphatic heterocycles. The average molecular weight is 369 g/mol. The molecule has 1 N–H and O–H groups in total. The number of nitro benzene ring substituents is 1. The summed E-state index contributed by atoms with van der Waals surface area (Å²) in [6, 6.07) is 14.7. The van der Waals surface area contributed by atoms with Crippen molar-refractivity contribution >= 4 is 17.3 Å². The summed E-state index contributed by atoms with van der Waals surface area (Å²) in [7, 11) is 1.35. The minimum Gasteiger partial charge on any atom is -0.494 e. The number of benzene rings is 2. The van der Waals surface area contributed by atoms with Gasteiger partial charge in [-0.3, -0.25) is 14.9 Å². The highest BCUT2D eigenvalue weighted by molar-refractivity contribution is 6.03. The fourth-order valence-electron chi connectivity index (χ4n) is 2.25. The van der Waals surface area contributed by atoms with E-state index in [1.54, 1.807) is 0 Å². The molecule has 1 amide bonds. The Bertz CT molecular complexity index is 955. The van der Waals surface area contributed by atoms with E-state index in [-0.39, 0.29) is 35.4 Å². The van der Waals surface area contributed by atoms with Crippen molar-refractivity contribution < 1.29 is 23.7 Å². The van der Waals surface area contributed by atoms with Crippen molar-refractivity contribution in [1.29, 1.82) is 0 Å². The van der Waals surface area contributed by atoms with Crippen LogP contribution in [0.3, 0.4) is 0 Å². The van der Waals surface area contributed by atoms with Crippen molar-refractivity contribution in [3.63, 3.8) is 0 Å². The molecule has 2 aromatic carbocycles. The Morgan fingerprint density at radius 2 is 2.00 bits per heavy atom. The topological polar surface area (TPSA) is 117 Å². The molecule has 0 atom stereocenters. The summed E-state index contributed by atoms with van der Waals surface area (Å²) in [5, 5.41) is 17.1. The summed E-state index contributed by atoms with van der Waals surface area (Å²) in [5.74, 6) is -0.347. The van der Waals surface area contributed by atoms with Gasteiger partial charge in [-0.15, -0.1) is 0 Å². The highest BCUT2D eigenvalue weighted by Crippen LogP contribution is 2.29. The Labute approximate surface area is 153 Å². The van der Waals surface area contributed by atoms with E-state index in [4.69, 9.17) is 14.0 Å². The highest BCUT2D eigenvalue weighted by atomic mass is 16.6. The van der Waals surface area contributed by atoms with Crippen LogP contribution in [-0.2, 0) is 6.61 Å². The van der Waals surface area contributed by atoms with Crippen LogP contribution in [0.2, 0.25) is 0 Å². The predicted molar refractivity (Wildman–Crippen MR) is 94.9 cm³/mol. The minimum absolute atomic E-state index is 0.0709. The molecule has 1 heterocycles. The molecular weight excluding hydrogens is 354 g/mol. The molecule has 3 rings (SSSR count). The van der Waals surface area contributed by atoms with Gasteiger partial charge in [0.2, 0.25) is 5.76 Å². The van der Waals surface area contributed by atoms with Crippen LogP contribution in [0.15, 0.2) is 59.1 Å². The molecule has 0 saturated heterocycles. The predicted octanol–water partition coefficient (Wildman–Crippen LogP) is 3.42. The lowest BCUT2D eigenvalue weighted by molar-refractivity contribution is -0.384. The van der Waals surface area contributed by atoms with Crippen LogP contribution in [0.1, 0.15) is 16.1 Å². The summed E-state index contributed by atoms with van der Waals surface area (Å²) < 4.78 is 15.5. The number of rotatable bonds is 7. The largest absolute Gasteiger partial charge is 0.494 e. The number of methoxy groups -OCH3 is 1. The van der Waals surface area contributed by atoms with Crippen LogP contribution in [0.5, 0.6) is 11.6 Å². The highest BCUT2D eigenvalue weighted by Gasteiger charge is 2.18. The second-order valence-electron chi connectivity index (χ2n) is 5.40. The van der Waals surface area contributed by atoms with Gasteiger partial charge in [0, 0.05) is 6.07 Å². The maximum Gasteiger partial charge on any atom is 0.294 e. The van der Waals surface area contributed by atoms with Gasteiger partial charge in [-0.05, 0) is 16.8 Å². The molecule has 138 valence electrons. The Kier molecular flexibility index (Phi) is 5.31. The molecule has 1 aromatic heterocycles. The molecule has 9 heteroatoms. The van der Waals surface area contributed by atoms with Crippen LogP contribution in [0.25, 0.3) is 0 Å². The van der Waals surface area contributed by atoms with E-state index in [0.717, 1.165) is 5.56 Å². The lowest BCUT2D eigenvalue weighted by Gasteiger charge is -2.08. The molecule has 0 aliphatic carbocycles. The summed E-state index contributed by atoms with van der Waals surface area (Å²) >= 11 is 0. The molecule has 27 heavy (non-hydrogen) atoms. The van der Waals surface area contributed by atoms with Gasteiger partial charge < -0.3 is 19.3 Å². The van der Waals surface area contributed by atoms with Crippen LogP contribution >= 0.6 is 0 Å². The molecular formula is C18H15N3O6. The van der Waals surface area contributed by atoms with Crippen molar-refractivity contribution in [3.05, 3.63) is 76.0 Å². The molecule has 0 unspecified atom stereocenters. The summed E-state index contributed by atoms with van der Waals surface area (Å²) in [6.07, 6.45) is 0. The van der Waals surface area contributed by atoms with E-state index in [1.807, 2.05) is 30.3 Å². The van der Waals surface area contributed by atoms with Gasteiger partial charge in [0.05, 0.1) is 29.9 Å². The van der Waals surface area contributed by atoms with E-state index in [0.29, 0.717) is 0 Å². The van der Waals surface area contributed by atoms with Crippen molar-refractivity contribution in [2.24, 2.45) is 0 Å². The maximum absolute atomic E-state index is 12.3. The van der Waals surface area contributed by atoms with Crippen LogP contribution in [-0.4, -0.2) is 23.1 Å². The monoisotopic (exact) mass is 369 g/mol. The van der Waals surface area contributed by atoms with Gasteiger partial charge in [-0.1, -0.05) is 30.3 Å². The number of anilines is 1.